The van der Waals surface area contributed by atoms with E-state index in [1.807, 2.05) is 18.2 Å². The molecule has 1 aromatic heterocycles. The summed E-state index contributed by atoms with van der Waals surface area (Å²) < 4.78 is 2.39. The van der Waals surface area contributed by atoms with E-state index in [2.05, 4.69) is 137 Å². The molecule has 0 atom stereocenters. The van der Waals surface area contributed by atoms with E-state index in [1.54, 1.807) is 6.07 Å². The summed E-state index contributed by atoms with van der Waals surface area (Å²) in [7, 11) is 0. The molecular weight excluding hydrogens is 522 g/mol. The van der Waals surface area contributed by atoms with Crippen molar-refractivity contribution < 1.29 is 0 Å². The second-order valence-corrected chi connectivity index (χ2v) is 13.4. The molecule has 6 rings (SSSR count). The monoisotopic (exact) mass is 557 g/mol. The van der Waals surface area contributed by atoms with E-state index in [0.29, 0.717) is 11.1 Å². The molecule has 0 saturated heterocycles. The molecule has 0 spiro atoms. The number of hydrogen-bond donors (Lipinski definition) is 0. The molecule has 1 heterocycles. The second kappa shape index (κ2) is 10.3. The highest BCUT2D eigenvalue weighted by Gasteiger charge is 2.22. The molecule has 0 aliphatic heterocycles. The van der Waals surface area contributed by atoms with E-state index in [9.17, 15) is 10.5 Å². The van der Waals surface area contributed by atoms with Crippen molar-refractivity contribution in [1.82, 2.24) is 4.57 Å². The maximum absolute atomic E-state index is 9.61. The molecule has 0 aliphatic rings. The van der Waals surface area contributed by atoms with E-state index < -0.39 is 0 Å². The lowest BCUT2D eigenvalue weighted by Gasteiger charge is -2.19. The van der Waals surface area contributed by atoms with Gasteiger partial charge in [0.15, 0.2) is 0 Å². The quantitative estimate of drug-likeness (QED) is 0.217. The molecule has 3 nitrogen and oxygen atoms in total. The van der Waals surface area contributed by atoms with Gasteiger partial charge in [-0.1, -0.05) is 90.1 Å². The zero-order chi connectivity index (χ0) is 30.5. The zero-order valence-electron chi connectivity index (χ0n) is 25.7. The molecule has 210 valence electrons. The maximum atomic E-state index is 9.61. The third kappa shape index (κ3) is 5.09. The number of hydrogen-bond acceptors (Lipinski definition) is 2. The Balaban J connectivity index is 1.69. The van der Waals surface area contributed by atoms with Crippen LogP contribution in [0.15, 0.2) is 103 Å². The van der Waals surface area contributed by atoms with Crippen molar-refractivity contribution in [3.05, 3.63) is 125 Å². The Morgan fingerprint density at radius 1 is 0.512 bits per heavy atom. The van der Waals surface area contributed by atoms with Gasteiger partial charge in [-0.05, 0) is 93.2 Å². The van der Waals surface area contributed by atoms with Crippen molar-refractivity contribution in [2.24, 2.45) is 0 Å². The highest BCUT2D eigenvalue weighted by atomic mass is 15.0. The zero-order valence-corrected chi connectivity index (χ0v) is 25.7. The van der Waals surface area contributed by atoms with Crippen LogP contribution < -0.4 is 0 Å². The van der Waals surface area contributed by atoms with Gasteiger partial charge in [0, 0.05) is 16.3 Å². The normalized spacial score (nSPS) is 11.9. The van der Waals surface area contributed by atoms with E-state index in [-0.39, 0.29) is 10.8 Å². The molecule has 5 aromatic carbocycles. The molecule has 0 N–H and O–H groups in total. The number of nitriles is 2. The van der Waals surface area contributed by atoms with Crippen LogP contribution in [0.2, 0.25) is 0 Å². The van der Waals surface area contributed by atoms with Crippen LogP contribution in [0.3, 0.4) is 0 Å². The van der Waals surface area contributed by atoms with Crippen molar-refractivity contribution in [2.45, 2.75) is 52.4 Å². The van der Waals surface area contributed by atoms with Crippen LogP contribution in [0, 0.1) is 22.7 Å². The molecular formula is C40H35N3. The average molecular weight is 558 g/mol. The Bertz CT molecular complexity index is 2000. The third-order valence-electron chi connectivity index (χ3n) is 8.34. The molecule has 0 bridgehead atoms. The summed E-state index contributed by atoms with van der Waals surface area (Å²) in [4.78, 5) is 0. The number of benzene rings is 5. The van der Waals surface area contributed by atoms with Gasteiger partial charge in [-0.15, -0.1) is 0 Å². The lowest BCUT2D eigenvalue weighted by Crippen LogP contribution is -2.10. The minimum atomic E-state index is 0.0291. The van der Waals surface area contributed by atoms with Gasteiger partial charge in [-0.3, -0.25) is 0 Å². The molecule has 3 heteroatoms. The maximum Gasteiger partial charge on any atom is 0.0992 e. The van der Waals surface area contributed by atoms with Crippen molar-refractivity contribution >= 4 is 21.8 Å². The summed E-state index contributed by atoms with van der Waals surface area (Å²) in [5.74, 6) is 0. The van der Waals surface area contributed by atoms with Gasteiger partial charge in [-0.25, -0.2) is 0 Å². The summed E-state index contributed by atoms with van der Waals surface area (Å²) in [6.45, 7) is 13.6. The van der Waals surface area contributed by atoms with E-state index >= 15 is 0 Å². The Hall–Kier alpha value is -5.12. The van der Waals surface area contributed by atoms with Crippen molar-refractivity contribution in [1.29, 1.82) is 10.5 Å². The predicted octanol–water partition coefficient (Wildman–Crippen LogP) is 10.5. The number of nitrogens with zero attached hydrogens (tertiary/aromatic N) is 3. The van der Waals surface area contributed by atoms with Gasteiger partial charge >= 0.3 is 0 Å². The molecule has 0 unspecified atom stereocenters. The van der Waals surface area contributed by atoms with Gasteiger partial charge < -0.3 is 4.57 Å². The fourth-order valence-electron chi connectivity index (χ4n) is 5.90. The first-order valence-corrected chi connectivity index (χ1v) is 14.7. The SMILES string of the molecule is CC(C)(C)c1ccc2c(c1)c1cc(C(C)(C)C)ccc1n2-c1ccc(-c2cc(C#N)cc(C#N)c2)cc1-c1ccccc1. The fraction of sp³-hybridized carbons (Fsp3) is 0.200. The van der Waals surface area contributed by atoms with Crippen LogP contribution in [0.25, 0.3) is 49.7 Å². The molecule has 6 aromatic rings. The highest BCUT2D eigenvalue weighted by molar-refractivity contribution is 6.10. The molecule has 0 saturated carbocycles. The minimum absolute atomic E-state index is 0.0291. The summed E-state index contributed by atoms with van der Waals surface area (Å²) in [6.07, 6.45) is 0. The lowest BCUT2D eigenvalue weighted by atomic mass is 9.85. The molecule has 0 fully saturated rings. The first kappa shape index (κ1) is 28.0. The number of rotatable bonds is 3. The topological polar surface area (TPSA) is 52.5 Å². The van der Waals surface area contributed by atoms with E-state index in [1.165, 1.54) is 21.9 Å². The van der Waals surface area contributed by atoms with E-state index in [0.717, 1.165) is 39.0 Å². The largest absolute Gasteiger partial charge is 0.309 e. The van der Waals surface area contributed by atoms with Crippen LogP contribution in [-0.4, -0.2) is 4.57 Å². The summed E-state index contributed by atoms with van der Waals surface area (Å²) >= 11 is 0. The van der Waals surface area contributed by atoms with Crippen molar-refractivity contribution in [2.75, 3.05) is 0 Å². The van der Waals surface area contributed by atoms with Gasteiger partial charge in [0.25, 0.3) is 0 Å². The van der Waals surface area contributed by atoms with E-state index in [4.69, 9.17) is 0 Å². The van der Waals surface area contributed by atoms with Gasteiger partial charge in [0.05, 0.1) is 40.0 Å². The summed E-state index contributed by atoms with van der Waals surface area (Å²) in [6, 6.07) is 40.4. The smallest absolute Gasteiger partial charge is 0.0992 e. The second-order valence-electron chi connectivity index (χ2n) is 13.4. The number of fused-ring (bicyclic) bond motifs is 3. The van der Waals surface area contributed by atoms with Crippen LogP contribution in [0.4, 0.5) is 0 Å². The predicted molar refractivity (Wildman–Crippen MR) is 178 cm³/mol. The summed E-state index contributed by atoms with van der Waals surface area (Å²) in [5.41, 5.74) is 11.0. The van der Waals surface area contributed by atoms with Crippen molar-refractivity contribution in [3.8, 4) is 40.1 Å². The molecule has 0 radical (unpaired) electrons. The Labute approximate surface area is 254 Å². The third-order valence-corrected chi connectivity index (χ3v) is 8.34. The first-order valence-electron chi connectivity index (χ1n) is 14.7. The number of aromatic nitrogens is 1. The summed E-state index contributed by atoms with van der Waals surface area (Å²) in [5, 5.41) is 21.7. The van der Waals surface area contributed by atoms with Gasteiger partial charge in [0.2, 0.25) is 0 Å². The Kier molecular flexibility index (Phi) is 6.71. The molecule has 0 amide bonds. The van der Waals surface area contributed by atoms with Crippen LogP contribution in [0.5, 0.6) is 0 Å². The minimum Gasteiger partial charge on any atom is -0.309 e. The fourth-order valence-corrected chi connectivity index (χ4v) is 5.90. The Morgan fingerprint density at radius 3 is 1.53 bits per heavy atom. The van der Waals surface area contributed by atoms with Gasteiger partial charge in [0.1, 0.15) is 0 Å². The molecule has 0 aliphatic carbocycles. The highest BCUT2D eigenvalue weighted by Crippen LogP contribution is 2.41. The van der Waals surface area contributed by atoms with Crippen LogP contribution >= 0.6 is 0 Å². The van der Waals surface area contributed by atoms with Crippen LogP contribution in [-0.2, 0) is 10.8 Å². The van der Waals surface area contributed by atoms with Crippen molar-refractivity contribution in [3.63, 3.8) is 0 Å². The van der Waals surface area contributed by atoms with Crippen LogP contribution in [0.1, 0.15) is 63.8 Å². The molecule has 43 heavy (non-hydrogen) atoms. The van der Waals surface area contributed by atoms with Gasteiger partial charge in [-0.2, -0.15) is 10.5 Å². The Morgan fingerprint density at radius 2 is 1.05 bits per heavy atom. The lowest BCUT2D eigenvalue weighted by molar-refractivity contribution is 0.590. The first-order chi connectivity index (χ1) is 20.5. The average Bonchev–Trinajstić information content (AvgIpc) is 3.33. The standard InChI is InChI=1S/C40H35N3/c1-39(2,3)31-13-16-37-34(22-31)35-23-32(40(4,5)6)14-17-38(35)43(37)36-15-12-29(21-33(36)28-10-8-7-9-11-28)30-19-26(24-41)18-27(20-30)25-42/h7-23H,1-6H3.